The summed E-state index contributed by atoms with van der Waals surface area (Å²) in [7, 11) is 0. The van der Waals surface area contributed by atoms with Crippen molar-refractivity contribution in [3.8, 4) is 33.4 Å². The van der Waals surface area contributed by atoms with Gasteiger partial charge in [0, 0.05) is 22.2 Å². The fraction of sp³-hybridized carbons (Fsp3) is 0.0714. The highest BCUT2D eigenvalue weighted by molar-refractivity contribution is 6.01. The van der Waals surface area contributed by atoms with Crippen molar-refractivity contribution < 1.29 is 0 Å². The molecule has 2 aliphatic rings. The molecule has 1 heteroatoms. The minimum atomic E-state index is -0.500. The Morgan fingerprint density at radius 1 is 0.368 bits per heavy atom. The second kappa shape index (κ2) is 12.8. The lowest BCUT2D eigenvalue weighted by atomic mass is 9.67. The van der Waals surface area contributed by atoms with Crippen LogP contribution in [0.25, 0.3) is 44.2 Å². The Kier molecular flexibility index (Phi) is 7.50. The highest BCUT2D eigenvalue weighted by atomic mass is 15.1. The Morgan fingerprint density at radius 3 is 1.70 bits per heavy atom. The number of nitrogens with zero attached hydrogens (tertiary/aromatic N) is 1. The number of anilines is 3. The minimum Gasteiger partial charge on any atom is -0.310 e. The summed E-state index contributed by atoms with van der Waals surface area (Å²) in [4.78, 5) is 2.50. The van der Waals surface area contributed by atoms with Gasteiger partial charge in [0.15, 0.2) is 0 Å². The second-order valence-electron chi connectivity index (χ2n) is 16.0. The molecule has 57 heavy (non-hydrogen) atoms. The maximum Gasteiger partial charge on any atom is 0.0714 e. The topological polar surface area (TPSA) is 3.24 Å². The zero-order valence-corrected chi connectivity index (χ0v) is 32.2. The predicted molar refractivity (Wildman–Crippen MR) is 239 cm³/mol. The van der Waals surface area contributed by atoms with Gasteiger partial charge in [-0.3, -0.25) is 0 Å². The molecule has 0 bridgehead atoms. The summed E-state index contributed by atoms with van der Waals surface area (Å²) in [5.41, 5.74) is 18.4. The van der Waals surface area contributed by atoms with Crippen LogP contribution in [-0.4, -0.2) is 0 Å². The summed E-state index contributed by atoms with van der Waals surface area (Å²) in [5.74, 6) is 0. The van der Waals surface area contributed by atoms with E-state index in [0.717, 1.165) is 17.1 Å². The highest BCUT2D eigenvalue weighted by Crippen LogP contribution is 2.58. The molecular weight excluding hydrogens is 687 g/mol. The van der Waals surface area contributed by atoms with Crippen LogP contribution in [0.1, 0.15) is 47.2 Å². The standard InChI is InChI=1S/C56H41N/c1-55(2)49-35-33-42(36-48(49)54-45(28-17-30-51(54)55)39-18-6-3-7-19-39)57(53-31-16-21-38-20-12-13-26-44(38)53)43-32-34-47-46-27-14-15-29-50(46)56(52(47)37-43,40-22-8-4-9-23-40)41-24-10-5-11-25-41/h3-37H,1-2H3. The quantitative estimate of drug-likeness (QED) is 0.165. The van der Waals surface area contributed by atoms with Crippen molar-refractivity contribution >= 4 is 27.8 Å². The van der Waals surface area contributed by atoms with E-state index < -0.39 is 5.41 Å². The van der Waals surface area contributed by atoms with Crippen molar-refractivity contribution in [2.45, 2.75) is 24.7 Å². The molecule has 0 aliphatic heterocycles. The van der Waals surface area contributed by atoms with Gasteiger partial charge in [-0.05, 0) is 102 Å². The molecule has 270 valence electrons. The smallest absolute Gasteiger partial charge is 0.0714 e. The van der Waals surface area contributed by atoms with Crippen LogP contribution in [0.15, 0.2) is 212 Å². The van der Waals surface area contributed by atoms with Crippen molar-refractivity contribution in [3.05, 3.63) is 246 Å². The third kappa shape index (κ3) is 4.89. The van der Waals surface area contributed by atoms with Crippen molar-refractivity contribution in [1.82, 2.24) is 0 Å². The van der Waals surface area contributed by atoms with Crippen LogP contribution in [0, 0.1) is 0 Å². The molecule has 0 saturated heterocycles. The third-order valence-electron chi connectivity index (χ3n) is 12.7. The molecule has 0 unspecified atom stereocenters. The first-order valence-electron chi connectivity index (χ1n) is 20.0. The third-order valence-corrected chi connectivity index (χ3v) is 12.7. The second-order valence-corrected chi connectivity index (χ2v) is 16.0. The summed E-state index contributed by atoms with van der Waals surface area (Å²) in [5, 5.41) is 2.43. The molecule has 9 aromatic rings. The van der Waals surface area contributed by atoms with Gasteiger partial charge < -0.3 is 4.90 Å². The van der Waals surface area contributed by atoms with Crippen molar-refractivity contribution in [2.24, 2.45) is 0 Å². The van der Waals surface area contributed by atoms with E-state index >= 15 is 0 Å². The van der Waals surface area contributed by atoms with E-state index in [-0.39, 0.29) is 5.41 Å². The van der Waals surface area contributed by atoms with E-state index in [1.807, 2.05) is 0 Å². The molecule has 9 aromatic carbocycles. The number of hydrogen-bond donors (Lipinski definition) is 0. The van der Waals surface area contributed by atoms with E-state index in [9.17, 15) is 0 Å². The lowest BCUT2D eigenvalue weighted by Crippen LogP contribution is -2.28. The first-order valence-corrected chi connectivity index (χ1v) is 20.0. The van der Waals surface area contributed by atoms with Gasteiger partial charge in [-0.2, -0.15) is 0 Å². The zero-order valence-electron chi connectivity index (χ0n) is 32.2. The Labute approximate surface area is 335 Å². The summed E-state index contributed by atoms with van der Waals surface area (Å²) in [6.07, 6.45) is 0. The van der Waals surface area contributed by atoms with Crippen LogP contribution in [0.4, 0.5) is 17.1 Å². The summed E-state index contributed by atoms with van der Waals surface area (Å²) in [6.45, 7) is 4.75. The van der Waals surface area contributed by atoms with Crippen LogP contribution in [0.3, 0.4) is 0 Å². The summed E-state index contributed by atoms with van der Waals surface area (Å²) < 4.78 is 0. The normalized spacial score (nSPS) is 14.1. The molecule has 0 amide bonds. The minimum absolute atomic E-state index is 0.136. The summed E-state index contributed by atoms with van der Waals surface area (Å²) in [6, 6.07) is 78.8. The molecule has 0 radical (unpaired) electrons. The average Bonchev–Trinajstić information content (AvgIpc) is 3.70. The lowest BCUT2D eigenvalue weighted by molar-refractivity contribution is 0.660. The number of benzene rings is 9. The van der Waals surface area contributed by atoms with E-state index in [1.165, 1.54) is 77.5 Å². The Bertz CT molecular complexity index is 2930. The van der Waals surface area contributed by atoms with Gasteiger partial charge >= 0.3 is 0 Å². The molecule has 2 aliphatic carbocycles. The largest absolute Gasteiger partial charge is 0.310 e. The van der Waals surface area contributed by atoms with E-state index in [1.54, 1.807) is 0 Å². The molecule has 11 rings (SSSR count). The van der Waals surface area contributed by atoms with Gasteiger partial charge in [0.2, 0.25) is 0 Å². The van der Waals surface area contributed by atoms with Gasteiger partial charge in [0.1, 0.15) is 0 Å². The Balaban J connectivity index is 1.20. The van der Waals surface area contributed by atoms with Gasteiger partial charge in [-0.25, -0.2) is 0 Å². The van der Waals surface area contributed by atoms with Crippen LogP contribution in [0.2, 0.25) is 0 Å². The fourth-order valence-corrected chi connectivity index (χ4v) is 10.2. The van der Waals surface area contributed by atoms with Crippen LogP contribution in [-0.2, 0) is 10.8 Å². The molecule has 0 heterocycles. The van der Waals surface area contributed by atoms with E-state index in [4.69, 9.17) is 0 Å². The Morgan fingerprint density at radius 2 is 0.930 bits per heavy atom. The average molecular weight is 728 g/mol. The number of rotatable bonds is 6. The monoisotopic (exact) mass is 727 g/mol. The summed E-state index contributed by atoms with van der Waals surface area (Å²) >= 11 is 0. The Hall–Kier alpha value is -6.96. The molecule has 1 nitrogen and oxygen atoms in total. The van der Waals surface area contributed by atoms with Crippen LogP contribution < -0.4 is 4.90 Å². The van der Waals surface area contributed by atoms with Crippen molar-refractivity contribution in [3.63, 3.8) is 0 Å². The van der Waals surface area contributed by atoms with Gasteiger partial charge in [-0.1, -0.05) is 196 Å². The molecule has 0 fully saturated rings. The predicted octanol–water partition coefficient (Wildman–Crippen LogP) is 14.6. The first-order chi connectivity index (χ1) is 28.0. The van der Waals surface area contributed by atoms with Crippen LogP contribution in [0.5, 0.6) is 0 Å². The molecule has 0 atom stereocenters. The van der Waals surface area contributed by atoms with Gasteiger partial charge in [-0.15, -0.1) is 0 Å². The molecule has 0 saturated carbocycles. The van der Waals surface area contributed by atoms with E-state index in [0.29, 0.717) is 0 Å². The maximum absolute atomic E-state index is 2.50. The van der Waals surface area contributed by atoms with Crippen molar-refractivity contribution in [1.29, 1.82) is 0 Å². The van der Waals surface area contributed by atoms with Crippen molar-refractivity contribution in [2.75, 3.05) is 4.90 Å². The van der Waals surface area contributed by atoms with Crippen LogP contribution >= 0.6 is 0 Å². The molecule has 0 spiro atoms. The maximum atomic E-state index is 2.50. The van der Waals surface area contributed by atoms with Gasteiger partial charge in [0.05, 0.1) is 11.1 Å². The van der Waals surface area contributed by atoms with Gasteiger partial charge in [0.25, 0.3) is 0 Å². The molecular formula is C56H41N. The molecule has 0 N–H and O–H groups in total. The molecule has 0 aromatic heterocycles. The fourth-order valence-electron chi connectivity index (χ4n) is 10.2. The SMILES string of the molecule is CC1(C)c2ccc(N(c3ccc4c(c3)C(c3ccccc3)(c3ccccc3)c3ccccc3-4)c3cccc4ccccc34)cc2-c2c(-c3ccccc3)cccc21. The number of hydrogen-bond acceptors (Lipinski definition) is 1. The zero-order chi connectivity index (χ0) is 38.1. The van der Waals surface area contributed by atoms with E-state index in [2.05, 4.69) is 231 Å². The number of fused-ring (bicyclic) bond motifs is 7. The first kappa shape index (κ1) is 33.4. The highest BCUT2D eigenvalue weighted by Gasteiger charge is 2.46. The lowest BCUT2D eigenvalue weighted by Gasteiger charge is -2.35.